The van der Waals surface area contributed by atoms with E-state index < -0.39 is 22.0 Å². The van der Waals surface area contributed by atoms with Crippen LogP contribution in [0.4, 0.5) is 0 Å². The van der Waals surface area contributed by atoms with Gasteiger partial charge in [-0.05, 0) is 30.2 Å². The molecule has 1 aliphatic heterocycles. The molecule has 1 atom stereocenters. The van der Waals surface area contributed by atoms with Crippen LogP contribution in [0.2, 0.25) is 0 Å². The zero-order valence-electron chi connectivity index (χ0n) is 17.4. The largest absolute Gasteiger partial charge is 0.486 e. The summed E-state index contributed by atoms with van der Waals surface area (Å²) in [4.78, 5) is 12.6. The molecule has 170 valence electrons. The molecule has 3 aromatic rings. The van der Waals surface area contributed by atoms with Crippen molar-refractivity contribution in [1.29, 1.82) is 0 Å². The van der Waals surface area contributed by atoms with Gasteiger partial charge in [-0.25, -0.2) is 8.42 Å². The van der Waals surface area contributed by atoms with Crippen molar-refractivity contribution in [3.05, 3.63) is 48.4 Å². The number of nitrogens with zero attached hydrogens (tertiary/aromatic N) is 1. The van der Waals surface area contributed by atoms with Gasteiger partial charge in [-0.1, -0.05) is 19.0 Å². The third-order valence-electron chi connectivity index (χ3n) is 4.71. The van der Waals surface area contributed by atoms with Crippen LogP contribution < -0.4 is 14.2 Å². The average Bonchev–Trinajstić information content (AvgIpc) is 3.47. The van der Waals surface area contributed by atoms with E-state index in [2.05, 4.69) is 9.88 Å². The lowest BCUT2D eigenvalue weighted by molar-refractivity contribution is -0.148. The van der Waals surface area contributed by atoms with Crippen molar-refractivity contribution in [3.8, 4) is 23.0 Å². The summed E-state index contributed by atoms with van der Waals surface area (Å²) in [7, 11) is -4.02. The Balaban J connectivity index is 1.43. The zero-order valence-corrected chi connectivity index (χ0v) is 18.3. The van der Waals surface area contributed by atoms with Gasteiger partial charge in [-0.15, -0.1) is 0 Å². The molecule has 10 nitrogen and oxygen atoms in total. The highest BCUT2D eigenvalue weighted by Gasteiger charge is 2.30. The minimum Gasteiger partial charge on any atom is -0.486 e. The Morgan fingerprint density at radius 2 is 1.91 bits per heavy atom. The number of hydrogen-bond donors (Lipinski definition) is 1. The second kappa shape index (κ2) is 9.05. The van der Waals surface area contributed by atoms with Gasteiger partial charge in [0, 0.05) is 12.1 Å². The third-order valence-corrected chi connectivity index (χ3v) is 6.15. The van der Waals surface area contributed by atoms with E-state index in [9.17, 15) is 13.2 Å². The first-order chi connectivity index (χ1) is 15.3. The number of rotatable bonds is 8. The number of esters is 1. The second-order valence-corrected chi connectivity index (χ2v) is 9.13. The Labute approximate surface area is 184 Å². The van der Waals surface area contributed by atoms with E-state index in [0.29, 0.717) is 41.9 Å². The maximum Gasteiger partial charge on any atom is 0.324 e. The Bertz CT molecular complexity index is 1180. The fourth-order valence-electron chi connectivity index (χ4n) is 3.03. The molecule has 2 aromatic heterocycles. The lowest BCUT2D eigenvalue weighted by Gasteiger charge is -2.22. The van der Waals surface area contributed by atoms with Gasteiger partial charge in [0.25, 0.3) is 0 Å². The van der Waals surface area contributed by atoms with E-state index >= 15 is 0 Å². The van der Waals surface area contributed by atoms with E-state index in [0.717, 1.165) is 0 Å². The number of furan rings is 1. The van der Waals surface area contributed by atoms with Gasteiger partial charge >= 0.3 is 5.97 Å². The number of ether oxygens (including phenoxy) is 3. The molecule has 0 unspecified atom stereocenters. The molecule has 0 bridgehead atoms. The average molecular weight is 462 g/mol. The summed E-state index contributed by atoms with van der Waals surface area (Å²) in [5.41, 5.74) is 0.363. The summed E-state index contributed by atoms with van der Waals surface area (Å²) in [6.45, 7) is 3.96. The standard InChI is InChI=1S/C21H22N2O8S/c1-13(2)20(21(24)30-12-14-10-19(31-22-14)16-4-3-7-27-16)23-32(25,26)15-5-6-17-18(11-15)29-9-8-28-17/h3-7,10-11,13,20,23H,8-9,12H2,1-2H3/t20-/m0/s1. The number of benzene rings is 1. The van der Waals surface area contributed by atoms with Gasteiger partial charge in [-0.3, -0.25) is 4.79 Å². The molecule has 1 N–H and O–H groups in total. The van der Waals surface area contributed by atoms with Crippen molar-refractivity contribution in [2.45, 2.75) is 31.4 Å². The van der Waals surface area contributed by atoms with Crippen LogP contribution in [0.25, 0.3) is 11.5 Å². The minimum absolute atomic E-state index is 0.0419. The monoisotopic (exact) mass is 462 g/mol. The van der Waals surface area contributed by atoms with Crippen LogP contribution in [0.3, 0.4) is 0 Å². The number of aromatic nitrogens is 1. The SMILES string of the molecule is CC(C)[C@H](NS(=O)(=O)c1ccc2c(c1)OCCO2)C(=O)OCc1cc(-c2ccco2)on1. The summed E-state index contributed by atoms with van der Waals surface area (Å²) in [6, 6.07) is 8.17. The number of carbonyl (C=O) groups is 1. The number of nitrogens with one attached hydrogen (secondary N) is 1. The first kappa shape index (κ1) is 21.9. The summed E-state index contributed by atoms with van der Waals surface area (Å²) in [6.07, 6.45) is 1.50. The number of hydrogen-bond acceptors (Lipinski definition) is 9. The maximum absolute atomic E-state index is 12.9. The lowest BCUT2D eigenvalue weighted by Crippen LogP contribution is -2.45. The predicted molar refractivity (Wildman–Crippen MR) is 110 cm³/mol. The molecule has 0 spiro atoms. The summed E-state index contributed by atoms with van der Waals surface area (Å²) in [5.74, 6) is 0.579. The van der Waals surface area contributed by atoms with Gasteiger partial charge in [0.2, 0.25) is 15.8 Å². The molecule has 0 fully saturated rings. The summed E-state index contributed by atoms with van der Waals surface area (Å²) in [5, 5.41) is 3.83. The second-order valence-electron chi connectivity index (χ2n) is 7.42. The van der Waals surface area contributed by atoms with Crippen molar-refractivity contribution in [1.82, 2.24) is 9.88 Å². The molecule has 11 heteroatoms. The number of fused-ring (bicyclic) bond motifs is 1. The molecule has 0 aliphatic carbocycles. The Morgan fingerprint density at radius 1 is 1.12 bits per heavy atom. The quantitative estimate of drug-likeness (QED) is 0.502. The molecule has 1 aromatic carbocycles. The molecule has 0 saturated carbocycles. The van der Waals surface area contributed by atoms with E-state index in [1.807, 2.05) is 0 Å². The lowest BCUT2D eigenvalue weighted by atomic mass is 10.1. The molecule has 4 rings (SSSR count). The van der Waals surface area contributed by atoms with E-state index in [-0.39, 0.29) is 17.4 Å². The van der Waals surface area contributed by atoms with Gasteiger partial charge in [0.1, 0.15) is 31.6 Å². The molecular weight excluding hydrogens is 440 g/mol. The Morgan fingerprint density at radius 3 is 2.62 bits per heavy atom. The zero-order chi connectivity index (χ0) is 22.7. The number of carbonyl (C=O) groups excluding carboxylic acids is 1. The summed E-state index contributed by atoms with van der Waals surface area (Å²) < 4.78 is 54.7. The van der Waals surface area contributed by atoms with Crippen LogP contribution in [0.1, 0.15) is 19.5 Å². The molecule has 0 saturated heterocycles. The van der Waals surface area contributed by atoms with E-state index in [1.54, 1.807) is 32.0 Å². The highest BCUT2D eigenvalue weighted by Crippen LogP contribution is 2.32. The van der Waals surface area contributed by atoms with Crippen LogP contribution in [-0.2, 0) is 26.2 Å². The van der Waals surface area contributed by atoms with Crippen molar-refractivity contribution in [2.75, 3.05) is 13.2 Å². The smallest absolute Gasteiger partial charge is 0.324 e. The third kappa shape index (κ3) is 4.78. The van der Waals surface area contributed by atoms with Crippen molar-refractivity contribution in [3.63, 3.8) is 0 Å². The van der Waals surface area contributed by atoms with Crippen LogP contribution >= 0.6 is 0 Å². The molecule has 0 amide bonds. The van der Waals surface area contributed by atoms with Gasteiger partial charge in [-0.2, -0.15) is 4.72 Å². The first-order valence-corrected chi connectivity index (χ1v) is 11.4. The molecule has 32 heavy (non-hydrogen) atoms. The highest BCUT2D eigenvalue weighted by molar-refractivity contribution is 7.89. The summed E-state index contributed by atoms with van der Waals surface area (Å²) >= 11 is 0. The van der Waals surface area contributed by atoms with Crippen LogP contribution in [0.15, 0.2) is 56.5 Å². The van der Waals surface area contributed by atoms with Crippen molar-refractivity contribution in [2.24, 2.45) is 5.92 Å². The van der Waals surface area contributed by atoms with E-state index in [4.69, 9.17) is 23.2 Å². The normalized spacial score (nSPS) is 14.3. The fourth-order valence-corrected chi connectivity index (χ4v) is 4.38. The van der Waals surface area contributed by atoms with Gasteiger partial charge in [0.15, 0.2) is 17.3 Å². The Hall–Kier alpha value is -3.31. The van der Waals surface area contributed by atoms with Crippen molar-refractivity contribution >= 4 is 16.0 Å². The Kier molecular flexibility index (Phi) is 6.19. The molecule has 3 heterocycles. The highest BCUT2D eigenvalue weighted by atomic mass is 32.2. The fraction of sp³-hybridized carbons (Fsp3) is 0.333. The number of sulfonamides is 1. The molecular formula is C21H22N2O8S. The topological polar surface area (TPSA) is 130 Å². The molecule has 0 radical (unpaired) electrons. The maximum atomic E-state index is 12.9. The van der Waals surface area contributed by atoms with Crippen molar-refractivity contribution < 1.29 is 36.4 Å². The van der Waals surface area contributed by atoms with Gasteiger partial charge < -0.3 is 23.2 Å². The van der Waals surface area contributed by atoms with Crippen LogP contribution in [-0.4, -0.2) is 38.8 Å². The predicted octanol–water partition coefficient (Wildman–Crippen LogP) is 2.75. The molecule has 1 aliphatic rings. The van der Waals surface area contributed by atoms with E-state index in [1.165, 1.54) is 24.5 Å². The van der Waals surface area contributed by atoms with Gasteiger partial charge in [0.05, 0.1) is 11.2 Å². The van der Waals surface area contributed by atoms with Crippen LogP contribution in [0, 0.1) is 5.92 Å². The minimum atomic E-state index is -4.02. The van der Waals surface area contributed by atoms with Crippen LogP contribution in [0.5, 0.6) is 11.5 Å². The first-order valence-electron chi connectivity index (χ1n) is 9.91.